The number of halogens is 2. The topological polar surface area (TPSA) is 102 Å². The number of piperidine rings is 1. The number of nitrogens with one attached hydrogen (secondary N) is 1. The first-order valence-electron chi connectivity index (χ1n) is 10.6. The zero-order valence-electron chi connectivity index (χ0n) is 18.0. The van der Waals surface area contributed by atoms with Gasteiger partial charge in [-0.15, -0.1) is 24.8 Å². The smallest absolute Gasteiger partial charge is 0.320 e. The third-order valence-electron chi connectivity index (χ3n) is 8.06. The molecule has 1 spiro atoms. The summed E-state index contributed by atoms with van der Waals surface area (Å²) in [6, 6.07) is 2.73. The molecule has 2 heterocycles. The molecule has 31 heavy (non-hydrogen) atoms. The van der Waals surface area contributed by atoms with Crippen molar-refractivity contribution in [3.63, 3.8) is 0 Å². The lowest BCUT2D eigenvalue weighted by atomic mass is 9.48. The molecule has 1 aromatic carbocycles. The van der Waals surface area contributed by atoms with Gasteiger partial charge in [0.2, 0.25) is 0 Å². The zero-order valence-corrected chi connectivity index (χ0v) is 19.6. The molecule has 2 aliphatic carbocycles. The van der Waals surface area contributed by atoms with Crippen molar-refractivity contribution in [3.05, 3.63) is 23.3 Å². The van der Waals surface area contributed by atoms with Crippen LogP contribution < -0.4 is 10.1 Å². The number of likely N-dealkylation sites (tertiary alicyclic amines) is 1. The number of aliphatic carboxylic acids is 1. The largest absolute Gasteiger partial charge is 0.504 e. The van der Waals surface area contributed by atoms with Crippen molar-refractivity contribution in [2.24, 2.45) is 5.92 Å². The molecular formula is C22H32Cl2N2O5. The van der Waals surface area contributed by atoms with Gasteiger partial charge < -0.3 is 25.0 Å². The second-order valence-corrected chi connectivity index (χ2v) is 9.70. The number of hydrogen-bond acceptors (Lipinski definition) is 6. The van der Waals surface area contributed by atoms with Crippen molar-refractivity contribution >= 4 is 30.8 Å². The molecule has 2 aliphatic heterocycles. The Hall–Kier alpha value is -1.25. The van der Waals surface area contributed by atoms with Crippen LogP contribution >= 0.6 is 24.8 Å². The molecule has 0 amide bonds. The Labute approximate surface area is 195 Å². The third-order valence-corrected chi connectivity index (χ3v) is 8.06. The summed E-state index contributed by atoms with van der Waals surface area (Å²) in [5, 5.41) is 35.7. The number of nitrogens with zero attached hydrogens (tertiary/aromatic N) is 1. The van der Waals surface area contributed by atoms with E-state index in [9.17, 15) is 20.1 Å². The van der Waals surface area contributed by atoms with Gasteiger partial charge >= 0.3 is 5.97 Å². The number of benzene rings is 1. The molecule has 2 unspecified atom stereocenters. The van der Waals surface area contributed by atoms with Crippen molar-refractivity contribution in [1.29, 1.82) is 0 Å². The molecule has 6 atom stereocenters. The van der Waals surface area contributed by atoms with Crippen LogP contribution in [0.25, 0.3) is 0 Å². The van der Waals surface area contributed by atoms with Gasteiger partial charge in [-0.05, 0) is 56.8 Å². The van der Waals surface area contributed by atoms with E-state index >= 15 is 0 Å². The third kappa shape index (κ3) is 3.00. The number of carboxylic acids is 1. The number of hydrogen-bond donors (Lipinski definition) is 4. The maximum Gasteiger partial charge on any atom is 0.320 e. The lowest BCUT2D eigenvalue weighted by molar-refractivity contribution is -0.188. The number of carboxylic acid groups (broad SMARTS) is 1. The van der Waals surface area contributed by atoms with E-state index in [0.29, 0.717) is 18.6 Å². The van der Waals surface area contributed by atoms with Crippen LogP contribution in [-0.4, -0.2) is 69.6 Å². The van der Waals surface area contributed by atoms with Gasteiger partial charge in [-0.2, -0.15) is 0 Å². The number of phenolic OH excluding ortho intramolecular Hbond substituents is 1. The Morgan fingerprint density at radius 1 is 1.29 bits per heavy atom. The summed E-state index contributed by atoms with van der Waals surface area (Å²) >= 11 is 0. The number of aliphatic hydroxyl groups is 1. The van der Waals surface area contributed by atoms with Crippen LogP contribution in [0.5, 0.6) is 11.5 Å². The molecular weight excluding hydrogens is 443 g/mol. The van der Waals surface area contributed by atoms with Crippen molar-refractivity contribution in [1.82, 2.24) is 10.2 Å². The standard InChI is InChI=1S/C22H30N2O5.2ClH/c1-11(2)17(20(26)27)23-13-6-7-22(28)15-10-12-4-5-14(25)18-16(12)21(22,19(13)29-18)8-9-24(15)3;;/h4-5,11,13,15,17,19,23,25,28H,6-10H2,1-3H3,(H,26,27);2*1H/t13?,15-,17-,19?,21+,22-;;/m1../s1. The number of phenols is 1. The predicted octanol–water partition coefficient (Wildman–Crippen LogP) is 2.09. The number of likely N-dealkylation sites (N-methyl/N-ethyl adjacent to an activating group) is 1. The lowest BCUT2D eigenvalue weighted by Crippen LogP contribution is -2.78. The van der Waals surface area contributed by atoms with Gasteiger partial charge in [-0.25, -0.2) is 0 Å². The Kier molecular flexibility index (Phi) is 6.26. The second-order valence-electron chi connectivity index (χ2n) is 9.70. The quantitative estimate of drug-likeness (QED) is 0.529. The van der Waals surface area contributed by atoms with Crippen LogP contribution in [0.2, 0.25) is 0 Å². The van der Waals surface area contributed by atoms with E-state index in [1.54, 1.807) is 6.07 Å². The average Bonchev–Trinajstić information content (AvgIpc) is 3.01. The minimum absolute atomic E-state index is 0. The Morgan fingerprint density at radius 2 is 2.00 bits per heavy atom. The molecule has 5 rings (SSSR count). The molecule has 7 nitrogen and oxygen atoms in total. The van der Waals surface area contributed by atoms with E-state index in [0.717, 1.165) is 30.5 Å². The highest BCUT2D eigenvalue weighted by Crippen LogP contribution is 2.65. The summed E-state index contributed by atoms with van der Waals surface area (Å²) in [6.45, 7) is 4.62. The van der Waals surface area contributed by atoms with Crippen molar-refractivity contribution in [3.8, 4) is 11.5 Å². The summed E-state index contributed by atoms with van der Waals surface area (Å²) in [4.78, 5) is 14.1. The highest BCUT2D eigenvalue weighted by atomic mass is 35.5. The maximum atomic E-state index is 12.1. The SMILES string of the molecule is CC(C)[C@@H](NC1CC[C@@]2(O)[C@H]3Cc4ccc(O)c5c4[C@@]2(CCN3C)C1O5)C(=O)O.Cl.Cl. The molecule has 1 aromatic rings. The van der Waals surface area contributed by atoms with Crippen molar-refractivity contribution in [2.75, 3.05) is 13.6 Å². The molecule has 1 saturated carbocycles. The highest BCUT2D eigenvalue weighted by molar-refractivity contribution is 5.85. The van der Waals surface area contributed by atoms with E-state index < -0.39 is 29.1 Å². The molecule has 4 aliphatic rings. The monoisotopic (exact) mass is 474 g/mol. The fraction of sp³-hybridized carbons (Fsp3) is 0.682. The fourth-order valence-corrected chi connectivity index (χ4v) is 6.70. The summed E-state index contributed by atoms with van der Waals surface area (Å²) < 4.78 is 6.40. The summed E-state index contributed by atoms with van der Waals surface area (Å²) in [6.07, 6.45) is 2.27. The Balaban J connectivity index is 0.00000136. The number of carbonyl (C=O) groups is 1. The van der Waals surface area contributed by atoms with Gasteiger partial charge in [0.05, 0.1) is 11.0 Å². The van der Waals surface area contributed by atoms with Crippen LogP contribution in [0.15, 0.2) is 12.1 Å². The van der Waals surface area contributed by atoms with Gasteiger partial charge in [0.15, 0.2) is 11.5 Å². The van der Waals surface area contributed by atoms with Gasteiger partial charge in [-0.3, -0.25) is 10.1 Å². The first-order valence-corrected chi connectivity index (χ1v) is 10.6. The van der Waals surface area contributed by atoms with Crippen LogP contribution in [0.3, 0.4) is 0 Å². The average molecular weight is 475 g/mol. The summed E-state index contributed by atoms with van der Waals surface area (Å²) in [5.74, 6) is -0.360. The number of rotatable bonds is 4. The number of ether oxygens (including phenoxy) is 1. The van der Waals surface area contributed by atoms with E-state index in [4.69, 9.17) is 4.74 Å². The minimum atomic E-state index is -0.953. The molecule has 0 aromatic heterocycles. The van der Waals surface area contributed by atoms with E-state index in [1.807, 2.05) is 19.9 Å². The molecule has 0 radical (unpaired) electrons. The van der Waals surface area contributed by atoms with Crippen LogP contribution in [-0.2, 0) is 16.6 Å². The van der Waals surface area contributed by atoms with Gasteiger partial charge in [-0.1, -0.05) is 19.9 Å². The minimum Gasteiger partial charge on any atom is -0.504 e. The van der Waals surface area contributed by atoms with Gasteiger partial charge in [0.1, 0.15) is 12.1 Å². The normalized spacial score (nSPS) is 36.0. The maximum absolute atomic E-state index is 12.1. The molecule has 9 heteroatoms. The van der Waals surface area contributed by atoms with Crippen LogP contribution in [0.1, 0.15) is 44.2 Å². The lowest BCUT2D eigenvalue weighted by Gasteiger charge is -2.63. The number of aromatic hydroxyl groups is 1. The van der Waals surface area contributed by atoms with E-state index in [2.05, 4.69) is 17.3 Å². The highest BCUT2D eigenvalue weighted by Gasteiger charge is 2.72. The predicted molar refractivity (Wildman–Crippen MR) is 121 cm³/mol. The Morgan fingerprint density at radius 3 is 2.65 bits per heavy atom. The van der Waals surface area contributed by atoms with Crippen molar-refractivity contribution in [2.45, 2.75) is 74.8 Å². The molecule has 2 bridgehead atoms. The molecule has 2 fully saturated rings. The van der Waals surface area contributed by atoms with E-state index in [-0.39, 0.29) is 48.6 Å². The zero-order chi connectivity index (χ0) is 20.7. The fourth-order valence-electron chi connectivity index (χ4n) is 6.70. The van der Waals surface area contributed by atoms with Crippen LogP contribution in [0, 0.1) is 5.92 Å². The summed E-state index contributed by atoms with van der Waals surface area (Å²) in [7, 11) is 2.07. The van der Waals surface area contributed by atoms with E-state index in [1.165, 1.54) is 0 Å². The summed E-state index contributed by atoms with van der Waals surface area (Å²) in [5.41, 5.74) is 0.505. The van der Waals surface area contributed by atoms with Gasteiger partial charge in [0, 0.05) is 17.6 Å². The molecule has 1 saturated heterocycles. The Bertz CT molecular complexity index is 884. The van der Waals surface area contributed by atoms with Crippen molar-refractivity contribution < 1.29 is 24.9 Å². The molecule has 174 valence electrons. The molecule has 4 N–H and O–H groups in total. The first-order chi connectivity index (χ1) is 13.7. The first kappa shape index (κ1) is 24.4. The van der Waals surface area contributed by atoms with Gasteiger partial charge in [0.25, 0.3) is 0 Å². The second kappa shape index (κ2) is 7.96. The van der Waals surface area contributed by atoms with Crippen LogP contribution in [0.4, 0.5) is 0 Å².